The number of benzene rings is 2. The van der Waals surface area contributed by atoms with Crippen molar-refractivity contribution >= 4 is 17.7 Å². The summed E-state index contributed by atoms with van der Waals surface area (Å²) in [6.45, 7) is 2.37. The summed E-state index contributed by atoms with van der Waals surface area (Å²) >= 11 is 1.54. The molecule has 1 N–H and O–H groups in total. The van der Waals surface area contributed by atoms with Crippen LogP contribution in [0.2, 0.25) is 0 Å². The monoisotopic (exact) mass is 370 g/mol. The Morgan fingerprint density at radius 1 is 1.19 bits per heavy atom. The smallest absolute Gasteiger partial charge is 0.252 e. The van der Waals surface area contributed by atoms with Crippen molar-refractivity contribution in [3.63, 3.8) is 0 Å². The standard InChI is InChI=1S/C20H19FN2O2S/c1-14-12-17(25-23-14)13-26-19-5-3-2-4-18(19)20(24)22-11-10-15-6-8-16(21)9-7-15/h2-9,12H,10-11,13H2,1H3,(H,22,24). The number of nitrogens with zero attached hydrogens (tertiary/aromatic N) is 1. The first-order chi connectivity index (χ1) is 12.6. The highest BCUT2D eigenvalue weighted by Crippen LogP contribution is 2.26. The molecule has 4 nitrogen and oxygen atoms in total. The molecule has 134 valence electrons. The highest BCUT2D eigenvalue weighted by molar-refractivity contribution is 7.98. The minimum atomic E-state index is -0.259. The molecule has 0 atom stereocenters. The second-order valence-electron chi connectivity index (χ2n) is 5.85. The van der Waals surface area contributed by atoms with Gasteiger partial charge < -0.3 is 9.84 Å². The maximum Gasteiger partial charge on any atom is 0.252 e. The lowest BCUT2D eigenvalue weighted by Crippen LogP contribution is -2.26. The highest BCUT2D eigenvalue weighted by atomic mass is 32.2. The second-order valence-corrected chi connectivity index (χ2v) is 6.87. The molecule has 1 aromatic heterocycles. The van der Waals surface area contributed by atoms with Gasteiger partial charge in [0.25, 0.3) is 5.91 Å². The topological polar surface area (TPSA) is 55.1 Å². The molecular weight excluding hydrogens is 351 g/mol. The van der Waals surface area contributed by atoms with Gasteiger partial charge in [-0.1, -0.05) is 29.4 Å². The van der Waals surface area contributed by atoms with Crippen LogP contribution in [0.4, 0.5) is 4.39 Å². The predicted molar refractivity (Wildman–Crippen MR) is 99.7 cm³/mol. The number of halogens is 1. The number of carbonyl (C=O) groups is 1. The van der Waals surface area contributed by atoms with Gasteiger partial charge in [0.1, 0.15) is 11.6 Å². The predicted octanol–water partition coefficient (Wildman–Crippen LogP) is 4.39. The first kappa shape index (κ1) is 18.2. The third-order valence-corrected chi connectivity index (χ3v) is 4.89. The van der Waals surface area contributed by atoms with Crippen LogP contribution >= 0.6 is 11.8 Å². The first-order valence-electron chi connectivity index (χ1n) is 8.28. The molecule has 0 aliphatic heterocycles. The zero-order valence-corrected chi connectivity index (χ0v) is 15.2. The lowest BCUT2D eigenvalue weighted by molar-refractivity contribution is 0.0951. The number of rotatable bonds is 7. The highest BCUT2D eigenvalue weighted by Gasteiger charge is 2.12. The molecule has 0 aliphatic carbocycles. The van der Waals surface area contributed by atoms with Crippen molar-refractivity contribution in [3.05, 3.63) is 83.0 Å². The van der Waals surface area contributed by atoms with Gasteiger partial charge in [-0.2, -0.15) is 0 Å². The van der Waals surface area contributed by atoms with Crippen LogP contribution in [0.1, 0.15) is 27.4 Å². The van der Waals surface area contributed by atoms with Gasteiger partial charge in [0, 0.05) is 17.5 Å². The van der Waals surface area contributed by atoms with E-state index in [4.69, 9.17) is 4.52 Å². The van der Waals surface area contributed by atoms with Crippen molar-refractivity contribution in [1.29, 1.82) is 0 Å². The summed E-state index contributed by atoms with van der Waals surface area (Å²) < 4.78 is 18.1. The van der Waals surface area contributed by atoms with Crippen molar-refractivity contribution in [2.75, 3.05) is 6.54 Å². The SMILES string of the molecule is Cc1cc(CSc2ccccc2C(=O)NCCc2ccc(F)cc2)on1. The molecule has 1 heterocycles. The van der Waals surface area contributed by atoms with Gasteiger partial charge in [0.05, 0.1) is 17.0 Å². The Kier molecular flexibility index (Phi) is 6.07. The fourth-order valence-corrected chi connectivity index (χ4v) is 3.40. The van der Waals surface area contributed by atoms with E-state index in [1.54, 1.807) is 18.2 Å². The van der Waals surface area contributed by atoms with Gasteiger partial charge in [-0.3, -0.25) is 4.79 Å². The van der Waals surface area contributed by atoms with Gasteiger partial charge in [0.2, 0.25) is 0 Å². The molecule has 0 saturated heterocycles. The molecule has 6 heteroatoms. The summed E-state index contributed by atoms with van der Waals surface area (Å²) in [5, 5.41) is 6.79. The summed E-state index contributed by atoms with van der Waals surface area (Å²) in [5.74, 6) is 1.01. The van der Waals surface area contributed by atoms with Crippen molar-refractivity contribution in [3.8, 4) is 0 Å². The molecule has 1 amide bonds. The van der Waals surface area contributed by atoms with E-state index in [0.717, 1.165) is 21.9 Å². The van der Waals surface area contributed by atoms with Gasteiger partial charge in [-0.15, -0.1) is 11.8 Å². The molecule has 3 aromatic rings. The average Bonchev–Trinajstić information content (AvgIpc) is 3.07. The average molecular weight is 370 g/mol. The fraction of sp³-hybridized carbons (Fsp3) is 0.200. The third-order valence-electron chi connectivity index (χ3n) is 3.79. The molecule has 0 aliphatic rings. The van der Waals surface area contributed by atoms with Crippen LogP contribution in [0.3, 0.4) is 0 Å². The van der Waals surface area contributed by atoms with Crippen LogP contribution in [0, 0.1) is 12.7 Å². The van der Waals surface area contributed by atoms with Crippen molar-refractivity contribution in [2.24, 2.45) is 0 Å². The normalized spacial score (nSPS) is 10.7. The first-order valence-corrected chi connectivity index (χ1v) is 9.27. The van der Waals surface area contributed by atoms with E-state index in [-0.39, 0.29) is 11.7 Å². The largest absolute Gasteiger partial charge is 0.360 e. The van der Waals surface area contributed by atoms with Crippen LogP contribution < -0.4 is 5.32 Å². The van der Waals surface area contributed by atoms with E-state index >= 15 is 0 Å². The molecule has 0 fully saturated rings. The Hall–Kier alpha value is -2.60. The lowest BCUT2D eigenvalue weighted by Gasteiger charge is -2.09. The second kappa shape index (κ2) is 8.67. The molecule has 0 radical (unpaired) electrons. The van der Waals surface area contributed by atoms with E-state index in [1.807, 2.05) is 31.2 Å². The van der Waals surface area contributed by atoms with E-state index < -0.39 is 0 Å². The molecule has 0 spiro atoms. The van der Waals surface area contributed by atoms with Crippen molar-refractivity contribution in [2.45, 2.75) is 24.0 Å². The maximum atomic E-state index is 12.9. The summed E-state index contributed by atoms with van der Waals surface area (Å²) in [7, 11) is 0. The quantitative estimate of drug-likeness (QED) is 0.627. The minimum Gasteiger partial charge on any atom is -0.360 e. The van der Waals surface area contributed by atoms with E-state index in [0.29, 0.717) is 24.3 Å². The van der Waals surface area contributed by atoms with Crippen LogP contribution in [0.15, 0.2) is 64.0 Å². The number of hydrogen-bond donors (Lipinski definition) is 1. The van der Waals surface area contributed by atoms with Crippen LogP contribution in [0.25, 0.3) is 0 Å². The Morgan fingerprint density at radius 2 is 1.96 bits per heavy atom. The molecular formula is C20H19FN2O2S. The zero-order valence-electron chi connectivity index (χ0n) is 14.4. The molecule has 0 bridgehead atoms. The van der Waals surface area contributed by atoms with Crippen LogP contribution in [-0.2, 0) is 12.2 Å². The molecule has 0 unspecified atom stereocenters. The Balaban J connectivity index is 1.57. The Bertz CT molecular complexity index is 878. The van der Waals surface area contributed by atoms with Gasteiger partial charge in [0.15, 0.2) is 0 Å². The number of thioether (sulfide) groups is 1. The van der Waals surface area contributed by atoms with E-state index in [1.165, 1.54) is 23.9 Å². The van der Waals surface area contributed by atoms with Gasteiger partial charge in [-0.25, -0.2) is 4.39 Å². The summed E-state index contributed by atoms with van der Waals surface area (Å²) in [4.78, 5) is 13.4. The number of aryl methyl sites for hydroxylation is 1. The van der Waals surface area contributed by atoms with Gasteiger partial charge >= 0.3 is 0 Å². The minimum absolute atomic E-state index is 0.121. The van der Waals surface area contributed by atoms with E-state index in [2.05, 4.69) is 10.5 Å². The maximum absolute atomic E-state index is 12.9. The summed E-state index contributed by atoms with van der Waals surface area (Å²) in [6.07, 6.45) is 0.651. The van der Waals surface area contributed by atoms with Crippen molar-refractivity contribution < 1.29 is 13.7 Å². The Morgan fingerprint density at radius 3 is 2.69 bits per heavy atom. The van der Waals surface area contributed by atoms with E-state index in [9.17, 15) is 9.18 Å². The molecule has 26 heavy (non-hydrogen) atoms. The Labute approximate surface area is 155 Å². The van der Waals surface area contributed by atoms with Crippen molar-refractivity contribution in [1.82, 2.24) is 10.5 Å². The number of carbonyl (C=O) groups excluding carboxylic acids is 1. The molecule has 0 saturated carbocycles. The number of aromatic nitrogens is 1. The zero-order chi connectivity index (χ0) is 18.4. The fourth-order valence-electron chi connectivity index (χ4n) is 2.48. The number of nitrogens with one attached hydrogen (secondary N) is 1. The van der Waals surface area contributed by atoms with Gasteiger partial charge in [-0.05, 0) is 43.2 Å². The number of hydrogen-bond acceptors (Lipinski definition) is 4. The lowest BCUT2D eigenvalue weighted by atomic mass is 10.1. The van der Waals surface area contributed by atoms with Crippen LogP contribution in [-0.4, -0.2) is 17.6 Å². The summed E-state index contributed by atoms with van der Waals surface area (Å²) in [6, 6.07) is 15.7. The summed E-state index contributed by atoms with van der Waals surface area (Å²) in [5.41, 5.74) is 2.45. The molecule has 2 aromatic carbocycles. The van der Waals surface area contributed by atoms with Crippen LogP contribution in [0.5, 0.6) is 0 Å². The number of amides is 1. The third kappa shape index (κ3) is 4.95. The molecule has 3 rings (SSSR count).